The number of morpholine rings is 1. The molecule has 1 unspecified atom stereocenters. The molecule has 0 spiro atoms. The van der Waals surface area contributed by atoms with Gasteiger partial charge in [-0.2, -0.15) is 0 Å². The second kappa shape index (κ2) is 11.8. The summed E-state index contributed by atoms with van der Waals surface area (Å²) in [5.74, 6) is 0. The Labute approximate surface area is 193 Å². The Kier molecular flexibility index (Phi) is 9.07. The van der Waals surface area contributed by atoms with Crippen molar-refractivity contribution in [3.63, 3.8) is 0 Å². The van der Waals surface area contributed by atoms with Gasteiger partial charge in [0.25, 0.3) is 0 Å². The van der Waals surface area contributed by atoms with Crippen LogP contribution in [0.5, 0.6) is 0 Å². The van der Waals surface area contributed by atoms with Gasteiger partial charge in [-0.15, -0.1) is 0 Å². The minimum absolute atomic E-state index is 0.0455. The minimum Gasteiger partial charge on any atom is -0.450 e. The molecule has 31 heavy (non-hydrogen) atoms. The second-order valence-electron chi connectivity index (χ2n) is 7.79. The summed E-state index contributed by atoms with van der Waals surface area (Å²) < 4.78 is 10.8. The molecule has 3 amide bonds. The predicted molar refractivity (Wildman–Crippen MR) is 120 cm³/mol. The van der Waals surface area contributed by atoms with Crippen LogP contribution in [-0.2, 0) is 16.0 Å². The molecule has 2 N–H and O–H groups in total. The van der Waals surface area contributed by atoms with Crippen molar-refractivity contribution in [2.24, 2.45) is 0 Å². The quantitative estimate of drug-likeness (QED) is 0.664. The SMILES string of the molecule is CCOC(=O)N1CCC(NC(=O)NCC2CN(Cc3ccc(Cl)c(Cl)c3)CCO2)CC1. The van der Waals surface area contributed by atoms with E-state index in [1.54, 1.807) is 17.9 Å². The van der Waals surface area contributed by atoms with Crippen LogP contribution in [0.1, 0.15) is 25.3 Å². The molecule has 0 aliphatic carbocycles. The number of likely N-dealkylation sites (tertiary alicyclic amines) is 1. The summed E-state index contributed by atoms with van der Waals surface area (Å²) in [6.45, 7) is 6.67. The highest BCUT2D eigenvalue weighted by molar-refractivity contribution is 6.42. The highest BCUT2D eigenvalue weighted by Gasteiger charge is 2.25. The van der Waals surface area contributed by atoms with Crippen molar-refractivity contribution in [1.29, 1.82) is 0 Å². The number of halogens is 2. The Balaban J connectivity index is 1.36. The van der Waals surface area contributed by atoms with Crippen LogP contribution in [0, 0.1) is 0 Å². The van der Waals surface area contributed by atoms with Gasteiger partial charge in [-0.1, -0.05) is 29.3 Å². The summed E-state index contributed by atoms with van der Waals surface area (Å²) in [7, 11) is 0. The maximum absolute atomic E-state index is 12.3. The molecule has 2 aliphatic heterocycles. The van der Waals surface area contributed by atoms with Gasteiger partial charge in [0.1, 0.15) is 0 Å². The van der Waals surface area contributed by atoms with Crippen molar-refractivity contribution in [3.8, 4) is 0 Å². The minimum atomic E-state index is -0.287. The smallest absolute Gasteiger partial charge is 0.409 e. The van der Waals surface area contributed by atoms with Crippen LogP contribution >= 0.6 is 23.2 Å². The predicted octanol–water partition coefficient (Wildman–Crippen LogP) is 3.11. The molecule has 8 nitrogen and oxygen atoms in total. The number of urea groups is 1. The highest BCUT2D eigenvalue weighted by Crippen LogP contribution is 2.23. The lowest BCUT2D eigenvalue weighted by Crippen LogP contribution is -2.52. The normalized spacial score (nSPS) is 20.4. The van der Waals surface area contributed by atoms with Crippen molar-refractivity contribution in [2.45, 2.75) is 38.5 Å². The Bertz CT molecular complexity index is 759. The van der Waals surface area contributed by atoms with Crippen molar-refractivity contribution in [3.05, 3.63) is 33.8 Å². The standard InChI is InChI=1S/C21H30Cl2N4O4/c1-2-30-21(29)27-7-5-16(6-8-27)25-20(28)24-12-17-14-26(9-10-31-17)13-15-3-4-18(22)19(23)11-15/h3-4,11,16-17H,2,5-10,12-14H2,1H3,(H2,24,25,28). The molecule has 1 aromatic carbocycles. The zero-order valence-electron chi connectivity index (χ0n) is 17.7. The van der Waals surface area contributed by atoms with Gasteiger partial charge in [0.15, 0.2) is 0 Å². The topological polar surface area (TPSA) is 83.1 Å². The zero-order chi connectivity index (χ0) is 22.2. The highest BCUT2D eigenvalue weighted by atomic mass is 35.5. The molecular formula is C21H30Cl2N4O4. The summed E-state index contributed by atoms with van der Waals surface area (Å²) in [6.07, 6.45) is 1.06. The molecule has 10 heteroatoms. The molecule has 3 rings (SSSR count). The van der Waals surface area contributed by atoms with Gasteiger partial charge in [-0.3, -0.25) is 4.90 Å². The molecular weight excluding hydrogens is 443 g/mol. The number of hydrogen-bond donors (Lipinski definition) is 2. The van der Waals surface area contributed by atoms with Crippen LogP contribution in [-0.4, -0.2) is 80.0 Å². The fraction of sp³-hybridized carbons (Fsp3) is 0.619. The Hall–Kier alpha value is -1.74. The average Bonchev–Trinajstić information content (AvgIpc) is 2.76. The number of carbonyl (C=O) groups is 2. The van der Waals surface area contributed by atoms with E-state index in [1.165, 1.54) is 0 Å². The molecule has 0 aromatic heterocycles. The first-order chi connectivity index (χ1) is 14.9. The van der Waals surface area contributed by atoms with Crippen LogP contribution in [0.4, 0.5) is 9.59 Å². The van der Waals surface area contributed by atoms with Crippen molar-refractivity contribution >= 4 is 35.3 Å². The third kappa shape index (κ3) is 7.42. The zero-order valence-corrected chi connectivity index (χ0v) is 19.3. The number of piperidine rings is 1. The van der Waals surface area contributed by atoms with E-state index < -0.39 is 0 Å². The van der Waals surface area contributed by atoms with Gasteiger partial charge in [-0.25, -0.2) is 9.59 Å². The molecule has 0 radical (unpaired) electrons. The number of ether oxygens (including phenoxy) is 2. The van der Waals surface area contributed by atoms with Crippen LogP contribution in [0.3, 0.4) is 0 Å². The van der Waals surface area contributed by atoms with Gasteiger partial charge >= 0.3 is 12.1 Å². The van der Waals surface area contributed by atoms with E-state index >= 15 is 0 Å². The summed E-state index contributed by atoms with van der Waals surface area (Å²) >= 11 is 12.1. The monoisotopic (exact) mass is 472 g/mol. The summed E-state index contributed by atoms with van der Waals surface area (Å²) in [5, 5.41) is 7.00. The maximum Gasteiger partial charge on any atom is 0.409 e. The Morgan fingerprint density at radius 1 is 1.19 bits per heavy atom. The maximum atomic E-state index is 12.3. The van der Waals surface area contributed by atoms with E-state index in [4.69, 9.17) is 32.7 Å². The van der Waals surface area contributed by atoms with Gasteiger partial charge in [0, 0.05) is 45.3 Å². The van der Waals surface area contributed by atoms with Crippen LogP contribution in [0.2, 0.25) is 10.0 Å². The van der Waals surface area contributed by atoms with Crippen LogP contribution in [0.15, 0.2) is 18.2 Å². The molecule has 0 saturated carbocycles. The second-order valence-corrected chi connectivity index (χ2v) is 8.61. The first kappa shape index (κ1) is 23.9. The molecule has 2 aliphatic rings. The number of carbonyl (C=O) groups excluding carboxylic acids is 2. The third-order valence-electron chi connectivity index (χ3n) is 5.46. The van der Waals surface area contributed by atoms with E-state index in [0.717, 1.165) is 25.2 Å². The van der Waals surface area contributed by atoms with Gasteiger partial charge in [0.2, 0.25) is 0 Å². The van der Waals surface area contributed by atoms with Crippen LogP contribution in [0.25, 0.3) is 0 Å². The number of benzene rings is 1. The average molecular weight is 473 g/mol. The lowest BCUT2D eigenvalue weighted by Gasteiger charge is -2.34. The lowest BCUT2D eigenvalue weighted by atomic mass is 10.1. The fourth-order valence-corrected chi connectivity index (χ4v) is 4.13. The number of rotatable bonds is 6. The third-order valence-corrected chi connectivity index (χ3v) is 6.20. The van der Waals surface area contributed by atoms with Gasteiger partial charge in [0.05, 0.1) is 29.4 Å². The number of nitrogens with one attached hydrogen (secondary N) is 2. The molecule has 1 atom stereocenters. The van der Waals surface area contributed by atoms with E-state index in [9.17, 15) is 9.59 Å². The molecule has 2 fully saturated rings. The molecule has 172 valence electrons. The van der Waals surface area contributed by atoms with E-state index in [0.29, 0.717) is 55.7 Å². The lowest BCUT2D eigenvalue weighted by molar-refractivity contribution is -0.0287. The molecule has 2 heterocycles. The summed E-state index contributed by atoms with van der Waals surface area (Å²) in [4.78, 5) is 28.0. The van der Waals surface area contributed by atoms with Gasteiger partial charge in [-0.05, 0) is 37.5 Å². The molecule has 0 bridgehead atoms. The first-order valence-corrected chi connectivity index (χ1v) is 11.4. The number of amides is 3. The largest absolute Gasteiger partial charge is 0.450 e. The van der Waals surface area contributed by atoms with Crippen molar-refractivity contribution in [1.82, 2.24) is 20.4 Å². The van der Waals surface area contributed by atoms with Crippen molar-refractivity contribution < 1.29 is 19.1 Å². The van der Waals surface area contributed by atoms with Gasteiger partial charge < -0.3 is 25.0 Å². The van der Waals surface area contributed by atoms with Crippen LogP contribution < -0.4 is 10.6 Å². The Morgan fingerprint density at radius 3 is 2.68 bits per heavy atom. The number of nitrogens with zero attached hydrogens (tertiary/aromatic N) is 2. The first-order valence-electron chi connectivity index (χ1n) is 10.7. The number of hydrogen-bond acceptors (Lipinski definition) is 5. The van der Waals surface area contributed by atoms with E-state index in [-0.39, 0.29) is 24.3 Å². The van der Waals surface area contributed by atoms with E-state index in [2.05, 4.69) is 15.5 Å². The summed E-state index contributed by atoms with van der Waals surface area (Å²) in [5.41, 5.74) is 1.09. The Morgan fingerprint density at radius 2 is 1.97 bits per heavy atom. The summed E-state index contributed by atoms with van der Waals surface area (Å²) in [6, 6.07) is 5.49. The van der Waals surface area contributed by atoms with Crippen molar-refractivity contribution in [2.75, 3.05) is 45.9 Å². The van der Waals surface area contributed by atoms with E-state index in [1.807, 2.05) is 12.1 Å². The molecule has 1 aromatic rings. The fourth-order valence-electron chi connectivity index (χ4n) is 3.81. The molecule has 2 saturated heterocycles.